The average Bonchev–Trinajstić information content (AvgIpc) is 3.27. The number of thiophene rings is 2. The van der Waals surface area contributed by atoms with Crippen LogP contribution in [0.5, 0.6) is 0 Å². The molecule has 3 heteroatoms. The molecule has 2 aromatic heterocycles. The van der Waals surface area contributed by atoms with E-state index in [0.717, 1.165) is 10.8 Å². The second-order valence-electron chi connectivity index (χ2n) is 7.72. The summed E-state index contributed by atoms with van der Waals surface area (Å²) in [6, 6.07) is 4.70. The Kier molecular flexibility index (Phi) is 11.7. The highest BCUT2D eigenvalue weighted by atomic mass is 35.5. The third kappa shape index (κ3) is 8.30. The van der Waals surface area contributed by atoms with E-state index in [0.29, 0.717) is 0 Å². The predicted octanol–water partition coefficient (Wildman–Crippen LogP) is 9.94. The second-order valence-corrected chi connectivity index (χ2v) is 10.3. The molecule has 0 spiro atoms. The minimum absolute atomic E-state index is 1.01. The molecule has 0 radical (unpaired) electrons. The maximum atomic E-state index is 6.58. The van der Waals surface area contributed by atoms with Crippen LogP contribution in [0, 0.1) is 0 Å². The van der Waals surface area contributed by atoms with Gasteiger partial charge in [-0.25, -0.2) is 0 Å². The minimum atomic E-state index is 1.01. The zero-order chi connectivity index (χ0) is 19.3. The van der Waals surface area contributed by atoms with Crippen LogP contribution < -0.4 is 0 Å². The van der Waals surface area contributed by atoms with Gasteiger partial charge in [-0.1, -0.05) is 89.7 Å². The zero-order valence-corrected chi connectivity index (χ0v) is 19.7. The summed E-state index contributed by atoms with van der Waals surface area (Å²) in [5.74, 6) is 0. The lowest BCUT2D eigenvalue weighted by Crippen LogP contribution is -1.86. The Morgan fingerprint density at radius 2 is 1.30 bits per heavy atom. The first-order valence-electron chi connectivity index (χ1n) is 11.1. The monoisotopic (exact) mass is 424 g/mol. The van der Waals surface area contributed by atoms with E-state index in [1.54, 1.807) is 11.3 Å². The molecule has 0 aliphatic rings. The second kappa shape index (κ2) is 13.8. The van der Waals surface area contributed by atoms with E-state index in [2.05, 4.69) is 31.4 Å². The molecular formula is C24H37ClS2. The largest absolute Gasteiger partial charge is 0.143 e. The van der Waals surface area contributed by atoms with Crippen LogP contribution in [-0.2, 0) is 12.8 Å². The van der Waals surface area contributed by atoms with Gasteiger partial charge in [-0.15, -0.1) is 22.7 Å². The average molecular weight is 425 g/mol. The van der Waals surface area contributed by atoms with Crippen LogP contribution >= 0.6 is 34.3 Å². The van der Waals surface area contributed by atoms with E-state index in [4.69, 9.17) is 11.6 Å². The summed E-state index contributed by atoms with van der Waals surface area (Å²) >= 11 is 10.2. The van der Waals surface area contributed by atoms with Gasteiger partial charge in [0.15, 0.2) is 0 Å². The Morgan fingerprint density at radius 1 is 0.741 bits per heavy atom. The molecule has 0 nitrogen and oxygen atoms in total. The summed E-state index contributed by atoms with van der Waals surface area (Å²) in [5, 5.41) is 2.25. The van der Waals surface area contributed by atoms with Gasteiger partial charge in [-0.2, -0.15) is 0 Å². The molecular weight excluding hydrogens is 388 g/mol. The summed E-state index contributed by atoms with van der Waals surface area (Å²) in [4.78, 5) is 2.85. The number of aryl methyl sites for hydroxylation is 2. The van der Waals surface area contributed by atoms with Crippen molar-refractivity contribution in [1.82, 2.24) is 0 Å². The van der Waals surface area contributed by atoms with E-state index in [9.17, 15) is 0 Å². The highest BCUT2D eigenvalue weighted by Crippen LogP contribution is 2.40. The SMILES string of the molecule is CCCCCCCCc1cc(-c2sccc2CCCCCCCC)sc1Cl. The molecule has 0 saturated carbocycles. The summed E-state index contributed by atoms with van der Waals surface area (Å²) in [6.07, 6.45) is 18.6. The summed E-state index contributed by atoms with van der Waals surface area (Å²) in [7, 11) is 0. The highest BCUT2D eigenvalue weighted by molar-refractivity contribution is 7.23. The number of rotatable bonds is 15. The maximum Gasteiger partial charge on any atom is 0.0967 e. The Hall–Kier alpha value is -0.310. The Morgan fingerprint density at radius 3 is 1.93 bits per heavy atom. The third-order valence-electron chi connectivity index (χ3n) is 5.33. The van der Waals surface area contributed by atoms with E-state index in [1.165, 1.54) is 104 Å². The molecule has 0 bridgehead atoms. The van der Waals surface area contributed by atoms with Crippen molar-refractivity contribution in [3.63, 3.8) is 0 Å². The molecule has 2 aromatic rings. The molecule has 0 N–H and O–H groups in total. The van der Waals surface area contributed by atoms with Crippen molar-refractivity contribution in [2.75, 3.05) is 0 Å². The van der Waals surface area contributed by atoms with Crippen LogP contribution in [-0.4, -0.2) is 0 Å². The maximum absolute atomic E-state index is 6.58. The van der Waals surface area contributed by atoms with E-state index < -0.39 is 0 Å². The molecule has 0 amide bonds. The lowest BCUT2D eigenvalue weighted by molar-refractivity contribution is 0.608. The van der Waals surface area contributed by atoms with Gasteiger partial charge in [0.1, 0.15) is 0 Å². The van der Waals surface area contributed by atoms with Crippen molar-refractivity contribution in [3.8, 4) is 9.75 Å². The summed E-state index contributed by atoms with van der Waals surface area (Å²) in [5.41, 5.74) is 2.89. The van der Waals surface area contributed by atoms with Crippen LogP contribution in [0.4, 0.5) is 0 Å². The topological polar surface area (TPSA) is 0 Å². The van der Waals surface area contributed by atoms with E-state index in [1.807, 2.05) is 11.3 Å². The Labute approximate surface area is 180 Å². The molecule has 0 aliphatic heterocycles. The molecule has 2 rings (SSSR count). The van der Waals surface area contributed by atoms with Crippen LogP contribution in [0.3, 0.4) is 0 Å². The van der Waals surface area contributed by atoms with Gasteiger partial charge in [0.2, 0.25) is 0 Å². The van der Waals surface area contributed by atoms with Gasteiger partial charge < -0.3 is 0 Å². The van der Waals surface area contributed by atoms with Crippen LogP contribution in [0.25, 0.3) is 9.75 Å². The van der Waals surface area contributed by atoms with Gasteiger partial charge >= 0.3 is 0 Å². The predicted molar refractivity (Wildman–Crippen MR) is 127 cm³/mol. The zero-order valence-electron chi connectivity index (χ0n) is 17.3. The molecule has 152 valence electrons. The van der Waals surface area contributed by atoms with Crippen molar-refractivity contribution >= 4 is 34.3 Å². The fourth-order valence-electron chi connectivity index (χ4n) is 3.63. The van der Waals surface area contributed by atoms with Gasteiger partial charge in [0.05, 0.1) is 4.34 Å². The van der Waals surface area contributed by atoms with Crippen molar-refractivity contribution in [2.45, 2.75) is 104 Å². The van der Waals surface area contributed by atoms with Crippen molar-refractivity contribution < 1.29 is 0 Å². The Balaban J connectivity index is 1.81. The van der Waals surface area contributed by atoms with Crippen molar-refractivity contribution in [1.29, 1.82) is 0 Å². The lowest BCUT2D eigenvalue weighted by Gasteiger charge is -2.03. The smallest absolute Gasteiger partial charge is 0.0967 e. The fraction of sp³-hybridized carbons (Fsp3) is 0.667. The highest BCUT2D eigenvalue weighted by Gasteiger charge is 2.13. The van der Waals surface area contributed by atoms with Crippen LogP contribution in [0.1, 0.15) is 102 Å². The van der Waals surface area contributed by atoms with Crippen molar-refractivity contribution in [2.24, 2.45) is 0 Å². The Bertz CT molecular complexity index is 626. The first kappa shape index (κ1) is 23.0. The lowest BCUT2D eigenvalue weighted by atomic mass is 10.0. The van der Waals surface area contributed by atoms with Gasteiger partial charge in [0.25, 0.3) is 0 Å². The minimum Gasteiger partial charge on any atom is -0.143 e. The number of hydrogen-bond acceptors (Lipinski definition) is 2. The van der Waals surface area contributed by atoms with E-state index >= 15 is 0 Å². The molecule has 0 aliphatic carbocycles. The third-order valence-corrected chi connectivity index (χ3v) is 7.90. The molecule has 0 aromatic carbocycles. The van der Waals surface area contributed by atoms with Gasteiger partial charge in [-0.3, -0.25) is 0 Å². The standard InChI is InChI=1S/C24H37ClS2/c1-3-5-7-9-11-13-15-20-17-18-26-23(20)22-19-21(24(25)27-22)16-14-12-10-8-6-4-2/h17-19H,3-16H2,1-2H3. The molecule has 0 unspecified atom stereocenters. The van der Waals surface area contributed by atoms with Gasteiger partial charge in [-0.05, 0) is 54.3 Å². The fourth-order valence-corrected chi connectivity index (χ4v) is 6.07. The number of hydrogen-bond donors (Lipinski definition) is 0. The molecule has 27 heavy (non-hydrogen) atoms. The molecule has 0 fully saturated rings. The van der Waals surface area contributed by atoms with Crippen LogP contribution in [0.2, 0.25) is 4.34 Å². The number of halogens is 1. The summed E-state index contributed by atoms with van der Waals surface area (Å²) < 4.78 is 1.01. The molecule has 2 heterocycles. The number of unbranched alkanes of at least 4 members (excludes halogenated alkanes) is 10. The summed E-state index contributed by atoms with van der Waals surface area (Å²) in [6.45, 7) is 4.56. The van der Waals surface area contributed by atoms with Crippen LogP contribution in [0.15, 0.2) is 17.5 Å². The molecule has 0 saturated heterocycles. The normalized spacial score (nSPS) is 11.4. The first-order valence-corrected chi connectivity index (χ1v) is 13.2. The molecule has 0 atom stereocenters. The van der Waals surface area contributed by atoms with Crippen molar-refractivity contribution in [3.05, 3.63) is 33.0 Å². The quantitative estimate of drug-likeness (QED) is 0.249. The van der Waals surface area contributed by atoms with Gasteiger partial charge in [0, 0.05) is 9.75 Å². The van der Waals surface area contributed by atoms with E-state index in [-0.39, 0.29) is 0 Å². The first-order chi connectivity index (χ1) is 13.3.